The van der Waals surface area contributed by atoms with Crippen molar-refractivity contribution in [2.45, 2.75) is 26.6 Å². The molecule has 1 atom stereocenters. The van der Waals surface area contributed by atoms with Crippen molar-refractivity contribution >= 4 is 0 Å². The molecule has 54 valence electrons. The summed E-state index contributed by atoms with van der Waals surface area (Å²) in [7, 11) is 1.69. The average molecular weight is 130 g/mol. The van der Waals surface area contributed by atoms with Gasteiger partial charge in [0, 0.05) is 12.5 Å². The van der Waals surface area contributed by atoms with Crippen LogP contribution in [0.15, 0.2) is 0 Å². The predicted octanol–water partition coefficient (Wildman–Crippen LogP) is 1.41. The summed E-state index contributed by atoms with van der Waals surface area (Å²) in [6.45, 7) is 5.16. The molecule has 1 heterocycles. The lowest BCUT2D eigenvalue weighted by Gasteiger charge is -2.22. The van der Waals surface area contributed by atoms with Crippen molar-refractivity contribution in [2.75, 3.05) is 13.7 Å². The smallest absolute Gasteiger partial charge is 0.162 e. The average Bonchev–Trinajstić information content (AvgIpc) is 2.08. The number of hydrogen-bond acceptors (Lipinski definition) is 2. The molecule has 0 unspecified atom stereocenters. The molecule has 0 aromatic carbocycles. The number of rotatable bonds is 1. The second-order valence-electron chi connectivity index (χ2n) is 3.18. The Morgan fingerprint density at radius 2 is 2.22 bits per heavy atom. The van der Waals surface area contributed by atoms with Gasteiger partial charge in [0.2, 0.25) is 0 Å². The minimum absolute atomic E-state index is 0.0116. The SMILES string of the molecule is CO[C@@H]1OCCC1(C)C. The number of hydrogen-bond donors (Lipinski definition) is 0. The third kappa shape index (κ3) is 1.25. The van der Waals surface area contributed by atoms with Gasteiger partial charge in [-0.1, -0.05) is 13.8 Å². The third-order valence-corrected chi connectivity index (χ3v) is 1.87. The van der Waals surface area contributed by atoms with Crippen molar-refractivity contribution in [1.82, 2.24) is 0 Å². The molecule has 1 aliphatic heterocycles. The van der Waals surface area contributed by atoms with Crippen molar-refractivity contribution in [2.24, 2.45) is 5.41 Å². The van der Waals surface area contributed by atoms with E-state index in [1.165, 1.54) is 0 Å². The molecule has 1 rings (SSSR count). The lowest BCUT2D eigenvalue weighted by atomic mass is 9.91. The molecule has 0 amide bonds. The quantitative estimate of drug-likeness (QED) is 0.534. The zero-order valence-electron chi connectivity index (χ0n) is 6.31. The topological polar surface area (TPSA) is 18.5 Å². The molecule has 0 radical (unpaired) electrons. The molecule has 0 bridgehead atoms. The van der Waals surface area contributed by atoms with Crippen LogP contribution in [0.5, 0.6) is 0 Å². The summed E-state index contributed by atoms with van der Waals surface area (Å²) in [6.07, 6.45) is 1.11. The zero-order chi connectivity index (χ0) is 6.91. The van der Waals surface area contributed by atoms with Gasteiger partial charge >= 0.3 is 0 Å². The van der Waals surface area contributed by atoms with Gasteiger partial charge in [0.1, 0.15) is 0 Å². The van der Waals surface area contributed by atoms with Crippen LogP contribution < -0.4 is 0 Å². The molecule has 0 saturated carbocycles. The van der Waals surface area contributed by atoms with Gasteiger partial charge in [-0.05, 0) is 6.42 Å². The van der Waals surface area contributed by atoms with Gasteiger partial charge in [0.05, 0.1) is 6.61 Å². The van der Waals surface area contributed by atoms with Crippen LogP contribution >= 0.6 is 0 Å². The number of methoxy groups -OCH3 is 1. The van der Waals surface area contributed by atoms with Gasteiger partial charge in [0.15, 0.2) is 6.29 Å². The van der Waals surface area contributed by atoms with Gasteiger partial charge in [-0.15, -0.1) is 0 Å². The normalized spacial score (nSPS) is 33.0. The monoisotopic (exact) mass is 130 g/mol. The summed E-state index contributed by atoms with van der Waals surface area (Å²) in [5, 5.41) is 0. The fourth-order valence-electron chi connectivity index (χ4n) is 1.16. The van der Waals surface area contributed by atoms with Crippen LogP contribution in [0.2, 0.25) is 0 Å². The fourth-order valence-corrected chi connectivity index (χ4v) is 1.16. The zero-order valence-corrected chi connectivity index (χ0v) is 6.31. The maximum atomic E-state index is 5.30. The summed E-state index contributed by atoms with van der Waals surface area (Å²) >= 11 is 0. The molecule has 2 nitrogen and oxygen atoms in total. The molecular weight excluding hydrogens is 116 g/mol. The third-order valence-electron chi connectivity index (χ3n) is 1.87. The summed E-state index contributed by atoms with van der Waals surface area (Å²) < 4.78 is 10.4. The van der Waals surface area contributed by atoms with E-state index < -0.39 is 0 Å². The van der Waals surface area contributed by atoms with Crippen LogP contribution in [0.4, 0.5) is 0 Å². The van der Waals surface area contributed by atoms with Crippen LogP contribution in [0.1, 0.15) is 20.3 Å². The Morgan fingerprint density at radius 1 is 1.56 bits per heavy atom. The summed E-state index contributed by atoms with van der Waals surface area (Å²) in [5.74, 6) is 0. The Bertz CT molecular complexity index is 99.1. The molecule has 2 heteroatoms. The maximum absolute atomic E-state index is 5.30. The van der Waals surface area contributed by atoms with Crippen LogP contribution in [-0.4, -0.2) is 20.0 Å². The van der Waals surface area contributed by atoms with Crippen LogP contribution in [0.3, 0.4) is 0 Å². The Kier molecular flexibility index (Phi) is 1.78. The maximum Gasteiger partial charge on any atom is 0.162 e. The lowest BCUT2D eigenvalue weighted by molar-refractivity contribution is -0.132. The Labute approximate surface area is 56.2 Å². The van der Waals surface area contributed by atoms with Gasteiger partial charge in [-0.3, -0.25) is 0 Å². The van der Waals surface area contributed by atoms with Crippen LogP contribution in [0, 0.1) is 5.41 Å². The molecular formula is C7H14O2. The predicted molar refractivity (Wildman–Crippen MR) is 35.1 cm³/mol. The highest BCUT2D eigenvalue weighted by atomic mass is 16.7. The molecule has 0 aromatic heterocycles. The largest absolute Gasteiger partial charge is 0.355 e. The highest BCUT2D eigenvalue weighted by molar-refractivity contribution is 4.77. The van der Waals surface area contributed by atoms with E-state index in [-0.39, 0.29) is 11.7 Å². The second-order valence-corrected chi connectivity index (χ2v) is 3.18. The molecule has 1 fully saturated rings. The Morgan fingerprint density at radius 3 is 2.44 bits per heavy atom. The van der Waals surface area contributed by atoms with E-state index in [2.05, 4.69) is 13.8 Å². The first kappa shape index (κ1) is 7.03. The second kappa shape index (κ2) is 2.27. The van der Waals surface area contributed by atoms with Crippen LogP contribution in [-0.2, 0) is 9.47 Å². The van der Waals surface area contributed by atoms with E-state index >= 15 is 0 Å². The first-order valence-electron chi connectivity index (χ1n) is 3.31. The van der Waals surface area contributed by atoms with Crippen molar-refractivity contribution in [3.05, 3.63) is 0 Å². The summed E-state index contributed by atoms with van der Waals surface area (Å²) in [6, 6.07) is 0. The molecule has 0 N–H and O–H groups in total. The highest BCUT2D eigenvalue weighted by Gasteiger charge is 2.35. The van der Waals surface area contributed by atoms with E-state index in [9.17, 15) is 0 Å². The van der Waals surface area contributed by atoms with Crippen LogP contribution in [0.25, 0.3) is 0 Å². The Hall–Kier alpha value is -0.0800. The number of ether oxygens (including phenoxy) is 2. The molecule has 0 aromatic rings. The minimum Gasteiger partial charge on any atom is -0.355 e. The molecule has 0 aliphatic carbocycles. The Balaban J connectivity index is 2.52. The summed E-state index contributed by atoms with van der Waals surface area (Å²) in [5.41, 5.74) is 0.217. The van der Waals surface area contributed by atoms with E-state index in [1.807, 2.05) is 0 Å². The van der Waals surface area contributed by atoms with Crippen molar-refractivity contribution in [3.63, 3.8) is 0 Å². The standard InChI is InChI=1S/C7H14O2/c1-7(2)4-5-9-6(7)8-3/h6H,4-5H2,1-3H3/t6-/m1/s1. The fraction of sp³-hybridized carbons (Fsp3) is 1.00. The molecule has 9 heavy (non-hydrogen) atoms. The van der Waals surface area contributed by atoms with Gasteiger partial charge < -0.3 is 9.47 Å². The van der Waals surface area contributed by atoms with Crippen molar-refractivity contribution < 1.29 is 9.47 Å². The van der Waals surface area contributed by atoms with E-state index in [4.69, 9.17) is 9.47 Å². The summed E-state index contributed by atoms with van der Waals surface area (Å²) in [4.78, 5) is 0. The van der Waals surface area contributed by atoms with E-state index in [0.717, 1.165) is 13.0 Å². The minimum atomic E-state index is 0.0116. The van der Waals surface area contributed by atoms with Gasteiger partial charge in [-0.2, -0.15) is 0 Å². The molecule has 0 spiro atoms. The van der Waals surface area contributed by atoms with Crippen molar-refractivity contribution in [3.8, 4) is 0 Å². The lowest BCUT2D eigenvalue weighted by Crippen LogP contribution is -2.25. The first-order chi connectivity index (χ1) is 4.17. The van der Waals surface area contributed by atoms with E-state index in [0.29, 0.717) is 0 Å². The highest BCUT2D eigenvalue weighted by Crippen LogP contribution is 2.33. The van der Waals surface area contributed by atoms with Gasteiger partial charge in [-0.25, -0.2) is 0 Å². The van der Waals surface area contributed by atoms with Crippen molar-refractivity contribution in [1.29, 1.82) is 0 Å². The first-order valence-corrected chi connectivity index (χ1v) is 3.31. The van der Waals surface area contributed by atoms with E-state index in [1.54, 1.807) is 7.11 Å². The molecule has 1 aliphatic rings. The molecule has 1 saturated heterocycles. The van der Waals surface area contributed by atoms with Gasteiger partial charge in [0.25, 0.3) is 0 Å².